The Morgan fingerprint density at radius 1 is 1.19 bits per heavy atom. The molecule has 112 valence electrons. The smallest absolute Gasteiger partial charge is 0.252 e. The minimum atomic E-state index is 0.0190. The number of carbonyl (C=O) groups excluding carboxylic acids is 1. The van der Waals surface area contributed by atoms with Gasteiger partial charge in [-0.1, -0.05) is 32.0 Å². The molecule has 1 amide bonds. The summed E-state index contributed by atoms with van der Waals surface area (Å²) in [5.41, 5.74) is 0.770. The molecule has 4 heteroatoms. The Labute approximate surface area is 135 Å². The molecule has 0 saturated carbocycles. The lowest BCUT2D eigenvalue weighted by molar-refractivity contribution is 0.0927. The van der Waals surface area contributed by atoms with Crippen LogP contribution < -0.4 is 5.32 Å². The quantitative estimate of drug-likeness (QED) is 0.774. The molecule has 0 aliphatic carbocycles. The van der Waals surface area contributed by atoms with Crippen molar-refractivity contribution in [1.82, 2.24) is 5.32 Å². The molecule has 0 saturated heterocycles. The van der Waals surface area contributed by atoms with Crippen LogP contribution in [0.5, 0.6) is 0 Å². The van der Waals surface area contributed by atoms with Crippen LogP contribution in [-0.4, -0.2) is 11.9 Å². The van der Waals surface area contributed by atoms with Crippen molar-refractivity contribution >= 4 is 29.0 Å². The molecular formula is C17H21NOS2. The van der Waals surface area contributed by atoms with E-state index in [0.717, 1.165) is 16.2 Å². The second-order valence-corrected chi connectivity index (χ2v) is 7.42. The van der Waals surface area contributed by atoms with Gasteiger partial charge in [0.2, 0.25) is 0 Å². The topological polar surface area (TPSA) is 29.1 Å². The highest BCUT2D eigenvalue weighted by atomic mass is 32.2. The van der Waals surface area contributed by atoms with Crippen LogP contribution in [0.2, 0.25) is 0 Å². The van der Waals surface area contributed by atoms with Gasteiger partial charge >= 0.3 is 0 Å². The molecule has 2 nitrogen and oxygen atoms in total. The summed E-state index contributed by atoms with van der Waals surface area (Å²) in [6.45, 7) is 6.27. The van der Waals surface area contributed by atoms with Crippen LogP contribution in [-0.2, 0) is 5.75 Å². The first kappa shape index (κ1) is 16.1. The molecule has 0 fully saturated rings. The van der Waals surface area contributed by atoms with Crippen LogP contribution in [0.15, 0.2) is 46.7 Å². The van der Waals surface area contributed by atoms with Gasteiger partial charge in [0, 0.05) is 21.6 Å². The number of thiophene rings is 1. The second-order valence-electron chi connectivity index (χ2n) is 5.37. The molecule has 1 heterocycles. The fourth-order valence-corrected chi connectivity index (χ4v) is 3.60. The lowest BCUT2D eigenvalue weighted by Gasteiger charge is -2.18. The van der Waals surface area contributed by atoms with Crippen LogP contribution >= 0.6 is 23.1 Å². The molecule has 1 N–H and O–H groups in total. The SMILES string of the molecule is CC(C)C(C)NC(=O)c1ccccc1SCc1cccs1. The molecule has 0 radical (unpaired) electrons. The first-order valence-electron chi connectivity index (χ1n) is 7.13. The maximum Gasteiger partial charge on any atom is 0.252 e. The number of carbonyl (C=O) groups is 1. The average molecular weight is 319 g/mol. The molecule has 0 aliphatic heterocycles. The third-order valence-electron chi connectivity index (χ3n) is 3.44. The maximum atomic E-state index is 12.4. The number of hydrogen-bond acceptors (Lipinski definition) is 3. The Morgan fingerprint density at radius 2 is 1.95 bits per heavy atom. The fraction of sp³-hybridized carbons (Fsp3) is 0.353. The van der Waals surface area contributed by atoms with Crippen LogP contribution in [0.1, 0.15) is 36.0 Å². The van der Waals surface area contributed by atoms with Crippen molar-refractivity contribution in [2.45, 2.75) is 37.5 Å². The minimum Gasteiger partial charge on any atom is -0.349 e. The predicted octanol–water partition coefficient (Wildman–Crippen LogP) is 4.81. The summed E-state index contributed by atoms with van der Waals surface area (Å²) in [7, 11) is 0. The Hall–Kier alpha value is -1.26. The van der Waals surface area contributed by atoms with Gasteiger partial charge in [-0.15, -0.1) is 23.1 Å². The number of amides is 1. The molecule has 2 rings (SSSR count). The van der Waals surface area contributed by atoms with E-state index in [4.69, 9.17) is 0 Å². The largest absolute Gasteiger partial charge is 0.349 e. The Kier molecular flexibility index (Phi) is 5.88. The van der Waals surface area contributed by atoms with Crippen molar-refractivity contribution in [1.29, 1.82) is 0 Å². The number of thioether (sulfide) groups is 1. The van der Waals surface area contributed by atoms with Crippen LogP contribution in [0.4, 0.5) is 0 Å². The van der Waals surface area contributed by atoms with E-state index in [1.165, 1.54) is 4.88 Å². The first-order valence-corrected chi connectivity index (χ1v) is 8.99. The Balaban J connectivity index is 2.07. The van der Waals surface area contributed by atoms with Gasteiger partial charge < -0.3 is 5.32 Å². The fourth-order valence-electron chi connectivity index (χ4n) is 1.77. The molecule has 0 spiro atoms. The Bertz CT molecular complexity index is 578. The molecule has 1 aromatic heterocycles. The zero-order valence-corrected chi connectivity index (χ0v) is 14.3. The van der Waals surface area contributed by atoms with Crippen molar-refractivity contribution in [3.63, 3.8) is 0 Å². The molecule has 21 heavy (non-hydrogen) atoms. The third kappa shape index (κ3) is 4.61. The van der Waals surface area contributed by atoms with Crippen LogP contribution in [0.3, 0.4) is 0 Å². The summed E-state index contributed by atoms with van der Waals surface area (Å²) in [6, 6.07) is 12.2. The van der Waals surface area contributed by atoms with E-state index in [-0.39, 0.29) is 11.9 Å². The lowest BCUT2D eigenvalue weighted by Crippen LogP contribution is -2.36. The minimum absolute atomic E-state index is 0.0190. The normalized spacial score (nSPS) is 12.4. The summed E-state index contributed by atoms with van der Waals surface area (Å²) in [5.74, 6) is 1.35. The van der Waals surface area contributed by atoms with E-state index in [2.05, 4.69) is 36.7 Å². The molecule has 0 aliphatic rings. The van der Waals surface area contributed by atoms with Crippen molar-refractivity contribution in [3.8, 4) is 0 Å². The zero-order chi connectivity index (χ0) is 15.2. The maximum absolute atomic E-state index is 12.4. The molecule has 2 aromatic rings. The van der Waals surface area contributed by atoms with E-state index in [1.54, 1.807) is 23.1 Å². The van der Waals surface area contributed by atoms with Gasteiger partial charge in [0.15, 0.2) is 0 Å². The van der Waals surface area contributed by atoms with Crippen molar-refractivity contribution < 1.29 is 4.79 Å². The van der Waals surface area contributed by atoms with E-state index in [0.29, 0.717) is 5.92 Å². The van der Waals surface area contributed by atoms with Gasteiger partial charge in [-0.05, 0) is 36.4 Å². The zero-order valence-electron chi connectivity index (χ0n) is 12.6. The summed E-state index contributed by atoms with van der Waals surface area (Å²) in [6.07, 6.45) is 0. The average Bonchev–Trinajstić information content (AvgIpc) is 2.98. The lowest BCUT2D eigenvalue weighted by atomic mass is 10.1. The van der Waals surface area contributed by atoms with Crippen molar-refractivity contribution in [2.24, 2.45) is 5.92 Å². The highest BCUT2D eigenvalue weighted by Gasteiger charge is 2.15. The van der Waals surface area contributed by atoms with Crippen LogP contribution in [0.25, 0.3) is 0 Å². The van der Waals surface area contributed by atoms with Gasteiger partial charge in [-0.3, -0.25) is 4.79 Å². The van der Waals surface area contributed by atoms with Crippen molar-refractivity contribution in [3.05, 3.63) is 52.2 Å². The van der Waals surface area contributed by atoms with Gasteiger partial charge in [-0.25, -0.2) is 0 Å². The van der Waals surface area contributed by atoms with E-state index in [1.807, 2.05) is 31.2 Å². The predicted molar refractivity (Wildman–Crippen MR) is 92.1 cm³/mol. The van der Waals surface area contributed by atoms with Crippen molar-refractivity contribution in [2.75, 3.05) is 0 Å². The van der Waals surface area contributed by atoms with Gasteiger partial charge in [0.1, 0.15) is 0 Å². The Morgan fingerprint density at radius 3 is 2.62 bits per heavy atom. The molecule has 1 unspecified atom stereocenters. The first-order chi connectivity index (χ1) is 10.1. The third-order valence-corrected chi connectivity index (χ3v) is 5.62. The number of rotatable bonds is 6. The number of benzene rings is 1. The highest BCUT2D eigenvalue weighted by molar-refractivity contribution is 7.98. The van der Waals surface area contributed by atoms with Crippen LogP contribution in [0, 0.1) is 5.92 Å². The monoisotopic (exact) mass is 319 g/mol. The van der Waals surface area contributed by atoms with Gasteiger partial charge in [0.25, 0.3) is 5.91 Å². The van der Waals surface area contributed by atoms with E-state index in [9.17, 15) is 4.79 Å². The highest BCUT2D eigenvalue weighted by Crippen LogP contribution is 2.28. The number of hydrogen-bond donors (Lipinski definition) is 1. The summed E-state index contributed by atoms with van der Waals surface area (Å²) < 4.78 is 0. The molecule has 1 atom stereocenters. The molecular weight excluding hydrogens is 298 g/mol. The van der Waals surface area contributed by atoms with E-state index >= 15 is 0 Å². The standard InChI is InChI=1S/C17H21NOS2/c1-12(2)13(3)18-17(19)15-8-4-5-9-16(15)21-11-14-7-6-10-20-14/h4-10,12-13H,11H2,1-3H3,(H,18,19). The summed E-state index contributed by atoms with van der Waals surface area (Å²) in [4.78, 5) is 14.8. The van der Waals surface area contributed by atoms with Gasteiger partial charge in [0.05, 0.1) is 5.56 Å². The van der Waals surface area contributed by atoms with E-state index < -0.39 is 0 Å². The second kappa shape index (κ2) is 7.66. The summed E-state index contributed by atoms with van der Waals surface area (Å²) in [5, 5.41) is 5.16. The van der Waals surface area contributed by atoms with Gasteiger partial charge in [-0.2, -0.15) is 0 Å². The number of nitrogens with one attached hydrogen (secondary N) is 1. The summed E-state index contributed by atoms with van der Waals surface area (Å²) >= 11 is 3.47. The molecule has 1 aromatic carbocycles. The molecule has 0 bridgehead atoms.